The molecule has 0 spiro atoms. The highest BCUT2D eigenvalue weighted by Gasteiger charge is 2.10. The molecule has 0 unspecified atom stereocenters. The van der Waals surface area contributed by atoms with Crippen LogP contribution < -0.4 is 5.32 Å². The first-order valence-corrected chi connectivity index (χ1v) is 6.56. The van der Waals surface area contributed by atoms with Crippen LogP contribution in [0, 0.1) is 0 Å². The van der Waals surface area contributed by atoms with Gasteiger partial charge in [0, 0.05) is 23.0 Å². The SMILES string of the molecule is COC(=O)CCCNC(=O)Cc1c(Cl)cccc1Cl. The number of hydrogen-bond donors (Lipinski definition) is 1. The minimum atomic E-state index is -0.289. The summed E-state index contributed by atoms with van der Waals surface area (Å²) in [5.41, 5.74) is 0.608. The fourth-order valence-electron chi connectivity index (χ4n) is 1.49. The Morgan fingerprint density at radius 3 is 2.47 bits per heavy atom. The molecule has 1 amide bonds. The van der Waals surface area contributed by atoms with Crippen molar-refractivity contribution in [1.82, 2.24) is 5.32 Å². The minimum absolute atomic E-state index is 0.122. The largest absolute Gasteiger partial charge is 0.469 e. The second-order valence-corrected chi connectivity index (χ2v) is 4.72. The Hall–Kier alpha value is -1.26. The van der Waals surface area contributed by atoms with Gasteiger partial charge in [-0.05, 0) is 24.1 Å². The highest BCUT2D eigenvalue weighted by molar-refractivity contribution is 6.36. The number of rotatable bonds is 6. The molecule has 0 atom stereocenters. The van der Waals surface area contributed by atoms with Crippen molar-refractivity contribution in [3.63, 3.8) is 0 Å². The average Bonchev–Trinajstić information content (AvgIpc) is 2.39. The molecular formula is C13H15Cl2NO3. The second kappa shape index (κ2) is 8.02. The van der Waals surface area contributed by atoms with Gasteiger partial charge in [0.15, 0.2) is 0 Å². The van der Waals surface area contributed by atoms with Crippen LogP contribution in [0.1, 0.15) is 18.4 Å². The summed E-state index contributed by atoms with van der Waals surface area (Å²) in [4.78, 5) is 22.6. The molecule has 0 fully saturated rings. The van der Waals surface area contributed by atoms with Crippen molar-refractivity contribution in [3.05, 3.63) is 33.8 Å². The number of carbonyl (C=O) groups excluding carboxylic acids is 2. The van der Waals surface area contributed by atoms with Gasteiger partial charge in [0.2, 0.25) is 5.91 Å². The van der Waals surface area contributed by atoms with Gasteiger partial charge in [-0.15, -0.1) is 0 Å². The number of ether oxygens (including phenoxy) is 1. The third-order valence-electron chi connectivity index (χ3n) is 2.51. The van der Waals surface area contributed by atoms with E-state index in [1.807, 2.05) is 0 Å². The Labute approximate surface area is 122 Å². The molecule has 0 heterocycles. The predicted octanol–water partition coefficient (Wildman–Crippen LogP) is 2.61. The molecular weight excluding hydrogens is 289 g/mol. The van der Waals surface area contributed by atoms with Crippen molar-refractivity contribution >= 4 is 35.1 Å². The number of amides is 1. The second-order valence-electron chi connectivity index (χ2n) is 3.91. The van der Waals surface area contributed by atoms with Crippen LogP contribution in [0.25, 0.3) is 0 Å². The molecule has 104 valence electrons. The van der Waals surface area contributed by atoms with E-state index in [9.17, 15) is 9.59 Å². The maximum Gasteiger partial charge on any atom is 0.305 e. The van der Waals surface area contributed by atoms with Crippen LogP contribution in [-0.4, -0.2) is 25.5 Å². The van der Waals surface area contributed by atoms with Crippen LogP contribution in [0.3, 0.4) is 0 Å². The molecule has 0 radical (unpaired) electrons. The van der Waals surface area contributed by atoms with Crippen LogP contribution in [0.15, 0.2) is 18.2 Å². The number of esters is 1. The predicted molar refractivity (Wildman–Crippen MR) is 74.4 cm³/mol. The van der Waals surface area contributed by atoms with E-state index in [4.69, 9.17) is 23.2 Å². The van der Waals surface area contributed by atoms with E-state index >= 15 is 0 Å². The highest BCUT2D eigenvalue weighted by Crippen LogP contribution is 2.24. The molecule has 0 bridgehead atoms. The molecule has 19 heavy (non-hydrogen) atoms. The number of hydrogen-bond acceptors (Lipinski definition) is 3. The first kappa shape index (κ1) is 15.8. The van der Waals surface area contributed by atoms with Crippen LogP contribution in [0.2, 0.25) is 10.0 Å². The molecule has 0 aliphatic carbocycles. The summed E-state index contributed by atoms with van der Waals surface area (Å²) in [5, 5.41) is 3.64. The molecule has 0 aliphatic rings. The van der Waals surface area contributed by atoms with Gasteiger partial charge in [-0.3, -0.25) is 9.59 Å². The van der Waals surface area contributed by atoms with Crippen molar-refractivity contribution in [2.45, 2.75) is 19.3 Å². The van der Waals surface area contributed by atoms with Gasteiger partial charge in [0.1, 0.15) is 0 Å². The maximum atomic E-state index is 11.7. The molecule has 0 aliphatic heterocycles. The molecule has 0 saturated carbocycles. The van der Waals surface area contributed by atoms with E-state index in [2.05, 4.69) is 10.1 Å². The topological polar surface area (TPSA) is 55.4 Å². The molecule has 1 aromatic rings. The van der Waals surface area contributed by atoms with Crippen LogP contribution in [-0.2, 0) is 20.7 Å². The van der Waals surface area contributed by atoms with E-state index in [-0.39, 0.29) is 24.7 Å². The summed E-state index contributed by atoms with van der Waals surface area (Å²) in [7, 11) is 1.33. The molecule has 1 N–H and O–H groups in total. The number of nitrogens with one attached hydrogen (secondary N) is 1. The standard InChI is InChI=1S/C13H15Cl2NO3/c1-19-13(18)6-3-7-16-12(17)8-9-10(14)4-2-5-11(9)15/h2,4-5H,3,6-8H2,1H3,(H,16,17). The number of methoxy groups -OCH3 is 1. The van der Waals surface area contributed by atoms with E-state index in [0.717, 1.165) is 0 Å². The van der Waals surface area contributed by atoms with E-state index in [1.54, 1.807) is 18.2 Å². The summed E-state index contributed by atoms with van der Waals surface area (Å²) in [6, 6.07) is 5.10. The maximum absolute atomic E-state index is 11.7. The van der Waals surface area contributed by atoms with Crippen LogP contribution in [0.4, 0.5) is 0 Å². The summed E-state index contributed by atoms with van der Waals surface area (Å²) in [6.45, 7) is 0.413. The van der Waals surface area contributed by atoms with Crippen LogP contribution >= 0.6 is 23.2 Å². The molecule has 0 aromatic heterocycles. The lowest BCUT2D eigenvalue weighted by atomic mass is 10.1. The van der Waals surface area contributed by atoms with E-state index in [1.165, 1.54) is 7.11 Å². The lowest BCUT2D eigenvalue weighted by Crippen LogP contribution is -2.26. The van der Waals surface area contributed by atoms with Gasteiger partial charge >= 0.3 is 5.97 Å². The summed E-state index contributed by atoms with van der Waals surface area (Å²) >= 11 is 11.9. The molecule has 6 heteroatoms. The Bertz CT molecular complexity index is 443. The van der Waals surface area contributed by atoms with Crippen molar-refractivity contribution in [3.8, 4) is 0 Å². The summed E-state index contributed by atoms with van der Waals surface area (Å²) in [5.74, 6) is -0.469. The Morgan fingerprint density at radius 2 is 1.89 bits per heavy atom. The fourth-order valence-corrected chi connectivity index (χ4v) is 2.02. The number of halogens is 2. The van der Waals surface area contributed by atoms with Crippen molar-refractivity contribution in [1.29, 1.82) is 0 Å². The monoisotopic (exact) mass is 303 g/mol. The number of carbonyl (C=O) groups is 2. The molecule has 1 rings (SSSR count). The normalized spacial score (nSPS) is 10.1. The van der Waals surface area contributed by atoms with Crippen molar-refractivity contribution in [2.75, 3.05) is 13.7 Å². The van der Waals surface area contributed by atoms with Crippen molar-refractivity contribution in [2.24, 2.45) is 0 Å². The van der Waals surface area contributed by atoms with Gasteiger partial charge in [-0.1, -0.05) is 29.3 Å². The number of benzene rings is 1. The van der Waals surface area contributed by atoms with Gasteiger partial charge < -0.3 is 10.1 Å². The van der Waals surface area contributed by atoms with Crippen molar-refractivity contribution < 1.29 is 14.3 Å². The Balaban J connectivity index is 2.37. The Morgan fingerprint density at radius 1 is 1.26 bits per heavy atom. The summed E-state index contributed by atoms with van der Waals surface area (Å²) < 4.78 is 4.50. The van der Waals surface area contributed by atoms with Gasteiger partial charge in [0.05, 0.1) is 13.5 Å². The van der Waals surface area contributed by atoms with Gasteiger partial charge in [-0.25, -0.2) is 0 Å². The molecule has 4 nitrogen and oxygen atoms in total. The zero-order valence-corrected chi connectivity index (χ0v) is 12.1. The quantitative estimate of drug-likeness (QED) is 0.649. The van der Waals surface area contributed by atoms with Crippen LogP contribution in [0.5, 0.6) is 0 Å². The third kappa shape index (κ3) is 5.49. The summed E-state index contributed by atoms with van der Waals surface area (Å²) in [6.07, 6.45) is 0.940. The van der Waals surface area contributed by atoms with E-state index < -0.39 is 0 Å². The highest BCUT2D eigenvalue weighted by atomic mass is 35.5. The zero-order chi connectivity index (χ0) is 14.3. The minimum Gasteiger partial charge on any atom is -0.469 e. The first-order valence-electron chi connectivity index (χ1n) is 5.81. The fraction of sp³-hybridized carbons (Fsp3) is 0.385. The Kier molecular flexibility index (Phi) is 6.67. The smallest absolute Gasteiger partial charge is 0.305 e. The van der Waals surface area contributed by atoms with Gasteiger partial charge in [-0.2, -0.15) is 0 Å². The average molecular weight is 304 g/mol. The third-order valence-corrected chi connectivity index (χ3v) is 3.21. The zero-order valence-electron chi connectivity index (χ0n) is 10.5. The van der Waals surface area contributed by atoms with Gasteiger partial charge in [0.25, 0.3) is 0 Å². The molecule has 1 aromatic carbocycles. The van der Waals surface area contributed by atoms with E-state index in [0.29, 0.717) is 28.6 Å². The lowest BCUT2D eigenvalue weighted by molar-refractivity contribution is -0.140. The molecule has 0 saturated heterocycles. The first-order chi connectivity index (χ1) is 9.04. The lowest BCUT2D eigenvalue weighted by Gasteiger charge is -2.07.